The molecule has 1 aromatic carbocycles. The zero-order valence-corrected chi connectivity index (χ0v) is 17.6. The molecule has 1 fully saturated rings. The monoisotopic (exact) mass is 394 g/mol. The van der Waals surface area contributed by atoms with Crippen LogP contribution in [0, 0.1) is 0 Å². The van der Waals surface area contributed by atoms with Crippen LogP contribution in [0.25, 0.3) is 11.3 Å². The van der Waals surface area contributed by atoms with E-state index in [4.69, 9.17) is 8.94 Å². The lowest BCUT2D eigenvalue weighted by molar-refractivity contribution is 0.368. The highest BCUT2D eigenvalue weighted by molar-refractivity contribution is 5.65. The summed E-state index contributed by atoms with van der Waals surface area (Å²) in [5.74, 6) is 3.07. The van der Waals surface area contributed by atoms with E-state index in [2.05, 4.69) is 71.8 Å². The molecule has 0 amide bonds. The first-order valence-corrected chi connectivity index (χ1v) is 10.6. The second kappa shape index (κ2) is 8.39. The lowest BCUT2D eigenvalue weighted by atomic mass is 9.97. The van der Waals surface area contributed by atoms with E-state index in [9.17, 15) is 0 Å². The van der Waals surface area contributed by atoms with Crippen molar-refractivity contribution in [2.75, 3.05) is 11.9 Å². The van der Waals surface area contributed by atoms with Crippen LogP contribution in [0.4, 0.5) is 5.69 Å². The summed E-state index contributed by atoms with van der Waals surface area (Å²) in [6, 6.07) is 10.5. The van der Waals surface area contributed by atoms with E-state index in [1.165, 1.54) is 12.8 Å². The Hall–Kier alpha value is -2.63. The predicted molar refractivity (Wildman–Crippen MR) is 113 cm³/mol. The summed E-state index contributed by atoms with van der Waals surface area (Å²) in [5, 5.41) is 16.0. The minimum absolute atomic E-state index is 0.0881. The molecular weight excluding hydrogens is 364 g/mol. The Bertz CT molecular complexity index is 934. The first-order chi connectivity index (χ1) is 14.0. The lowest BCUT2D eigenvalue weighted by Gasteiger charge is -2.10. The highest BCUT2D eigenvalue weighted by Crippen LogP contribution is 2.41. The van der Waals surface area contributed by atoms with Crippen molar-refractivity contribution in [3.05, 3.63) is 47.9 Å². The maximum absolute atomic E-state index is 5.75. The van der Waals surface area contributed by atoms with Crippen LogP contribution in [0.15, 0.2) is 39.3 Å². The fraction of sp³-hybridized carbons (Fsp3) is 0.522. The Labute approximate surface area is 172 Å². The van der Waals surface area contributed by atoms with Crippen molar-refractivity contribution in [3.63, 3.8) is 0 Å². The first kappa shape index (κ1) is 19.7. The van der Waals surface area contributed by atoms with Crippen molar-refractivity contribution in [1.82, 2.24) is 15.4 Å². The van der Waals surface area contributed by atoms with Gasteiger partial charge < -0.3 is 14.3 Å². The molecule has 2 heterocycles. The SMILES string of the molecule is CC(C)(C)c1nnc(CCCCCNc2cccc(-c3cc(C4CC4)on3)c2)o1. The summed E-state index contributed by atoms with van der Waals surface area (Å²) in [7, 11) is 0. The van der Waals surface area contributed by atoms with Gasteiger partial charge >= 0.3 is 0 Å². The Kier molecular flexibility index (Phi) is 5.69. The fourth-order valence-electron chi connectivity index (χ4n) is 3.24. The average Bonchev–Trinajstić information content (AvgIpc) is 3.22. The van der Waals surface area contributed by atoms with Crippen LogP contribution in [-0.2, 0) is 11.8 Å². The molecule has 1 N–H and O–H groups in total. The highest BCUT2D eigenvalue weighted by Gasteiger charge is 2.28. The van der Waals surface area contributed by atoms with E-state index < -0.39 is 0 Å². The van der Waals surface area contributed by atoms with E-state index in [0.717, 1.165) is 60.8 Å². The summed E-state index contributed by atoms with van der Waals surface area (Å²) in [4.78, 5) is 0. The summed E-state index contributed by atoms with van der Waals surface area (Å²) in [6.07, 6.45) is 6.56. The summed E-state index contributed by atoms with van der Waals surface area (Å²) in [5.41, 5.74) is 3.04. The van der Waals surface area contributed by atoms with Crippen molar-refractivity contribution < 1.29 is 8.94 Å². The minimum Gasteiger partial charge on any atom is -0.425 e. The quantitative estimate of drug-likeness (QED) is 0.467. The molecule has 0 radical (unpaired) electrons. The van der Waals surface area contributed by atoms with Crippen LogP contribution in [-0.4, -0.2) is 21.9 Å². The van der Waals surface area contributed by atoms with E-state index in [0.29, 0.717) is 11.8 Å². The number of anilines is 1. The third kappa shape index (κ3) is 5.25. The van der Waals surface area contributed by atoms with Crippen molar-refractivity contribution in [3.8, 4) is 11.3 Å². The van der Waals surface area contributed by atoms with Crippen molar-refractivity contribution in [1.29, 1.82) is 0 Å². The third-order valence-corrected chi connectivity index (χ3v) is 5.17. The van der Waals surface area contributed by atoms with Crippen LogP contribution in [0.3, 0.4) is 0 Å². The van der Waals surface area contributed by atoms with Gasteiger partial charge in [-0.2, -0.15) is 0 Å². The molecule has 0 bridgehead atoms. The Morgan fingerprint density at radius 3 is 2.69 bits per heavy atom. The van der Waals surface area contributed by atoms with Gasteiger partial charge in [0.1, 0.15) is 11.5 Å². The summed E-state index contributed by atoms with van der Waals surface area (Å²) in [6.45, 7) is 7.19. The second-order valence-corrected chi connectivity index (χ2v) is 8.96. The first-order valence-electron chi connectivity index (χ1n) is 10.6. The minimum atomic E-state index is -0.0881. The molecule has 0 saturated heterocycles. The van der Waals surface area contributed by atoms with Gasteiger partial charge in [-0.05, 0) is 37.8 Å². The molecule has 6 heteroatoms. The zero-order chi connectivity index (χ0) is 20.3. The molecule has 0 spiro atoms. The number of aryl methyl sites for hydroxylation is 1. The van der Waals surface area contributed by atoms with Gasteiger partial charge in [-0.1, -0.05) is 44.5 Å². The van der Waals surface area contributed by atoms with E-state index >= 15 is 0 Å². The molecule has 6 nitrogen and oxygen atoms in total. The lowest BCUT2D eigenvalue weighted by Crippen LogP contribution is -2.11. The topological polar surface area (TPSA) is 77.0 Å². The van der Waals surface area contributed by atoms with Crippen LogP contribution < -0.4 is 5.32 Å². The van der Waals surface area contributed by atoms with Gasteiger partial charge in [-0.3, -0.25) is 0 Å². The smallest absolute Gasteiger partial charge is 0.221 e. The van der Waals surface area contributed by atoms with Crippen molar-refractivity contribution in [2.45, 2.75) is 70.6 Å². The molecule has 4 rings (SSSR count). The Morgan fingerprint density at radius 1 is 1.07 bits per heavy atom. The number of aromatic nitrogens is 3. The number of hydrogen-bond acceptors (Lipinski definition) is 6. The molecule has 0 atom stereocenters. The fourth-order valence-corrected chi connectivity index (χ4v) is 3.24. The van der Waals surface area contributed by atoms with E-state index in [1.807, 2.05) is 0 Å². The summed E-state index contributed by atoms with van der Waals surface area (Å²) >= 11 is 0. The molecule has 154 valence electrons. The number of rotatable bonds is 9. The van der Waals surface area contributed by atoms with Crippen molar-refractivity contribution in [2.24, 2.45) is 0 Å². The highest BCUT2D eigenvalue weighted by atomic mass is 16.5. The predicted octanol–water partition coefficient (Wildman–Crippen LogP) is 5.72. The normalized spacial score (nSPS) is 14.3. The maximum atomic E-state index is 5.75. The van der Waals surface area contributed by atoms with Gasteiger partial charge in [0.2, 0.25) is 11.8 Å². The van der Waals surface area contributed by atoms with Gasteiger partial charge in [0, 0.05) is 41.6 Å². The molecule has 1 aliphatic carbocycles. The van der Waals surface area contributed by atoms with Gasteiger partial charge in [0.25, 0.3) is 0 Å². The average molecular weight is 395 g/mol. The maximum Gasteiger partial charge on any atom is 0.221 e. The molecular formula is C23H30N4O2. The van der Waals surface area contributed by atoms with Crippen molar-refractivity contribution >= 4 is 5.69 Å². The standard InChI is InChI=1S/C23H30N4O2/c1-23(2,3)22-26-25-21(28-22)10-5-4-6-13-24-18-9-7-8-17(14-18)19-15-20(29-27-19)16-11-12-16/h7-9,14-16,24H,4-6,10-13H2,1-3H3. The number of nitrogens with one attached hydrogen (secondary N) is 1. The zero-order valence-electron chi connectivity index (χ0n) is 17.6. The number of unbranched alkanes of at least 4 members (excludes halogenated alkanes) is 2. The van der Waals surface area contributed by atoms with Crippen LogP contribution in [0.5, 0.6) is 0 Å². The number of hydrogen-bond donors (Lipinski definition) is 1. The van der Waals surface area contributed by atoms with Gasteiger partial charge in [0.15, 0.2) is 0 Å². The molecule has 1 saturated carbocycles. The number of benzene rings is 1. The third-order valence-electron chi connectivity index (χ3n) is 5.17. The Morgan fingerprint density at radius 2 is 1.93 bits per heavy atom. The van der Waals surface area contributed by atoms with Crippen LogP contribution in [0.1, 0.15) is 76.3 Å². The van der Waals surface area contributed by atoms with Gasteiger partial charge in [0.05, 0.1) is 0 Å². The summed E-state index contributed by atoms with van der Waals surface area (Å²) < 4.78 is 11.2. The molecule has 2 aromatic heterocycles. The molecule has 3 aromatic rings. The number of nitrogens with zero attached hydrogens (tertiary/aromatic N) is 3. The van der Waals surface area contributed by atoms with E-state index in [-0.39, 0.29) is 5.41 Å². The molecule has 0 unspecified atom stereocenters. The molecule has 1 aliphatic rings. The van der Waals surface area contributed by atoms with Gasteiger partial charge in [-0.15, -0.1) is 10.2 Å². The molecule has 29 heavy (non-hydrogen) atoms. The van der Waals surface area contributed by atoms with Crippen LogP contribution in [0.2, 0.25) is 0 Å². The second-order valence-electron chi connectivity index (χ2n) is 8.96. The largest absolute Gasteiger partial charge is 0.425 e. The van der Waals surface area contributed by atoms with Gasteiger partial charge in [-0.25, -0.2) is 0 Å². The Balaban J connectivity index is 1.19. The van der Waals surface area contributed by atoms with Crippen LogP contribution >= 0.6 is 0 Å². The van der Waals surface area contributed by atoms with E-state index in [1.54, 1.807) is 0 Å². The molecule has 0 aliphatic heterocycles.